The highest BCUT2D eigenvalue weighted by atomic mass is 35.5. The Morgan fingerprint density at radius 2 is 1.96 bits per heavy atom. The molecule has 2 heterocycles. The summed E-state index contributed by atoms with van der Waals surface area (Å²) in [6.07, 6.45) is 0.314. The fraction of sp³-hybridized carbons (Fsp3) is 0.222. The van der Waals surface area contributed by atoms with Crippen LogP contribution in [-0.4, -0.2) is 32.2 Å². The Kier molecular flexibility index (Phi) is 6.71. The van der Waals surface area contributed by atoms with E-state index in [1.165, 1.54) is 41.9 Å². The van der Waals surface area contributed by atoms with Crippen molar-refractivity contribution in [3.63, 3.8) is 0 Å². The number of thiazole rings is 1. The van der Waals surface area contributed by atoms with Gasteiger partial charge in [0.2, 0.25) is 5.91 Å². The van der Waals surface area contributed by atoms with Gasteiger partial charge in [-0.05, 0) is 42.8 Å². The van der Waals surface area contributed by atoms with Gasteiger partial charge >= 0.3 is 0 Å². The van der Waals surface area contributed by atoms with Crippen LogP contribution in [-0.2, 0) is 14.6 Å². The summed E-state index contributed by atoms with van der Waals surface area (Å²) in [5.41, 5.74) is 0.749. The molecule has 148 valence electrons. The Bertz CT molecular complexity index is 1060. The zero-order valence-electron chi connectivity index (χ0n) is 14.8. The molecule has 0 radical (unpaired) electrons. The monoisotopic (exact) mass is 456 g/mol. The lowest BCUT2D eigenvalue weighted by Gasteiger charge is -2.06. The highest BCUT2D eigenvalue weighted by Gasteiger charge is 2.16. The Balaban J connectivity index is 1.51. The van der Waals surface area contributed by atoms with Gasteiger partial charge < -0.3 is 10.1 Å². The van der Waals surface area contributed by atoms with E-state index in [2.05, 4.69) is 10.3 Å². The first-order chi connectivity index (χ1) is 13.4. The van der Waals surface area contributed by atoms with E-state index < -0.39 is 9.84 Å². The van der Waals surface area contributed by atoms with Crippen molar-refractivity contribution in [3.05, 3.63) is 46.1 Å². The van der Waals surface area contributed by atoms with E-state index in [1.807, 2.05) is 11.4 Å². The highest BCUT2D eigenvalue weighted by molar-refractivity contribution is 7.91. The molecule has 3 rings (SSSR count). The number of carbonyl (C=O) groups is 1. The molecule has 0 spiro atoms. The first-order valence-corrected chi connectivity index (χ1v) is 12.0. The Morgan fingerprint density at radius 3 is 2.61 bits per heavy atom. The lowest BCUT2D eigenvalue weighted by molar-refractivity contribution is -0.116. The topological polar surface area (TPSA) is 85.4 Å². The number of aromatic nitrogens is 1. The third kappa shape index (κ3) is 5.32. The van der Waals surface area contributed by atoms with Gasteiger partial charge in [-0.25, -0.2) is 13.4 Å². The average molecular weight is 457 g/mol. The SMILES string of the molecule is COc1ccc(S(=O)(=O)CCCC(=O)Nc2nc(-c3ccc(Cl)s3)cs2)cc1. The van der Waals surface area contributed by atoms with Crippen LogP contribution in [0.4, 0.5) is 5.13 Å². The number of nitrogens with zero attached hydrogens (tertiary/aromatic N) is 1. The zero-order chi connectivity index (χ0) is 20.1. The zero-order valence-corrected chi connectivity index (χ0v) is 18.1. The van der Waals surface area contributed by atoms with Crippen LogP contribution in [0.1, 0.15) is 12.8 Å². The predicted molar refractivity (Wildman–Crippen MR) is 113 cm³/mol. The van der Waals surface area contributed by atoms with Gasteiger partial charge in [0, 0.05) is 11.8 Å². The molecule has 6 nitrogen and oxygen atoms in total. The quantitative estimate of drug-likeness (QED) is 0.529. The maximum absolute atomic E-state index is 12.3. The molecule has 0 aliphatic heterocycles. The number of anilines is 1. The minimum absolute atomic E-state index is 0.0924. The molecular weight excluding hydrogens is 440 g/mol. The van der Waals surface area contributed by atoms with Crippen LogP contribution < -0.4 is 10.1 Å². The van der Waals surface area contributed by atoms with Gasteiger partial charge in [0.05, 0.1) is 32.7 Å². The van der Waals surface area contributed by atoms with Crippen LogP contribution in [0.25, 0.3) is 10.6 Å². The van der Waals surface area contributed by atoms with Crippen LogP contribution in [0.3, 0.4) is 0 Å². The minimum atomic E-state index is -3.44. The van der Waals surface area contributed by atoms with Crippen molar-refractivity contribution in [2.75, 3.05) is 18.2 Å². The van der Waals surface area contributed by atoms with E-state index >= 15 is 0 Å². The number of halogens is 1. The molecule has 0 unspecified atom stereocenters. The van der Waals surface area contributed by atoms with E-state index in [0.717, 1.165) is 10.6 Å². The van der Waals surface area contributed by atoms with E-state index in [1.54, 1.807) is 18.2 Å². The van der Waals surface area contributed by atoms with Gasteiger partial charge in [-0.2, -0.15) is 0 Å². The van der Waals surface area contributed by atoms with E-state index in [-0.39, 0.29) is 29.4 Å². The summed E-state index contributed by atoms with van der Waals surface area (Å²) in [6.45, 7) is 0. The normalized spacial score (nSPS) is 11.4. The molecule has 0 aliphatic rings. The van der Waals surface area contributed by atoms with Crippen LogP contribution >= 0.6 is 34.3 Å². The molecule has 0 saturated heterocycles. The van der Waals surface area contributed by atoms with Crippen molar-refractivity contribution >= 4 is 55.2 Å². The minimum Gasteiger partial charge on any atom is -0.497 e. The molecule has 1 N–H and O–H groups in total. The van der Waals surface area contributed by atoms with Gasteiger partial charge in [-0.3, -0.25) is 4.79 Å². The number of ether oxygens (including phenoxy) is 1. The summed E-state index contributed by atoms with van der Waals surface area (Å²) < 4.78 is 30.4. The number of hydrogen-bond donors (Lipinski definition) is 1. The predicted octanol–water partition coefficient (Wildman–Crippen LogP) is 4.73. The van der Waals surface area contributed by atoms with E-state index in [0.29, 0.717) is 15.2 Å². The molecule has 0 atom stereocenters. The van der Waals surface area contributed by atoms with Crippen LogP contribution in [0.15, 0.2) is 46.7 Å². The highest BCUT2D eigenvalue weighted by Crippen LogP contribution is 2.32. The summed E-state index contributed by atoms with van der Waals surface area (Å²) in [6, 6.07) is 9.87. The molecule has 0 fully saturated rings. The maximum atomic E-state index is 12.3. The first kappa shape index (κ1) is 20.8. The summed E-state index contributed by atoms with van der Waals surface area (Å²) in [5, 5.41) is 5.02. The lowest BCUT2D eigenvalue weighted by atomic mass is 10.3. The van der Waals surface area contributed by atoms with Gasteiger partial charge in [0.25, 0.3) is 0 Å². The molecule has 0 aliphatic carbocycles. The van der Waals surface area contributed by atoms with Crippen molar-refractivity contribution in [3.8, 4) is 16.3 Å². The smallest absolute Gasteiger partial charge is 0.226 e. The van der Waals surface area contributed by atoms with Gasteiger partial charge in [0.15, 0.2) is 15.0 Å². The summed E-state index contributed by atoms with van der Waals surface area (Å²) in [7, 11) is -1.93. The summed E-state index contributed by atoms with van der Waals surface area (Å²) in [4.78, 5) is 17.6. The number of benzene rings is 1. The van der Waals surface area contributed by atoms with Gasteiger partial charge in [-0.15, -0.1) is 22.7 Å². The van der Waals surface area contributed by atoms with Crippen LogP contribution in [0, 0.1) is 0 Å². The van der Waals surface area contributed by atoms with Crippen molar-refractivity contribution in [1.82, 2.24) is 4.98 Å². The van der Waals surface area contributed by atoms with Crippen molar-refractivity contribution < 1.29 is 17.9 Å². The number of methoxy groups -OCH3 is 1. The third-order valence-electron chi connectivity index (χ3n) is 3.81. The molecule has 0 bridgehead atoms. The molecule has 3 aromatic rings. The number of amides is 1. The Labute approximate surface area is 176 Å². The summed E-state index contributed by atoms with van der Waals surface area (Å²) in [5.74, 6) is 0.213. The molecule has 10 heteroatoms. The number of carbonyl (C=O) groups excluding carboxylic acids is 1. The molecule has 0 saturated carbocycles. The van der Waals surface area contributed by atoms with Crippen molar-refractivity contribution in [1.29, 1.82) is 0 Å². The van der Waals surface area contributed by atoms with Crippen molar-refractivity contribution in [2.24, 2.45) is 0 Å². The van der Waals surface area contributed by atoms with Gasteiger partial charge in [-0.1, -0.05) is 11.6 Å². The largest absolute Gasteiger partial charge is 0.497 e. The second kappa shape index (κ2) is 9.04. The fourth-order valence-corrected chi connectivity index (χ4v) is 5.52. The Hall–Kier alpha value is -1.94. The van der Waals surface area contributed by atoms with E-state index in [9.17, 15) is 13.2 Å². The molecule has 1 aromatic carbocycles. The second-order valence-corrected chi connectivity index (χ2v) is 10.5. The molecule has 28 heavy (non-hydrogen) atoms. The average Bonchev–Trinajstić information content (AvgIpc) is 3.30. The molecule has 2 aromatic heterocycles. The fourth-order valence-electron chi connectivity index (χ4n) is 2.40. The Morgan fingerprint density at radius 1 is 1.21 bits per heavy atom. The van der Waals surface area contributed by atoms with Gasteiger partial charge in [0.1, 0.15) is 5.75 Å². The summed E-state index contributed by atoms with van der Waals surface area (Å²) >= 11 is 8.65. The lowest BCUT2D eigenvalue weighted by Crippen LogP contribution is -2.14. The van der Waals surface area contributed by atoms with Crippen molar-refractivity contribution in [2.45, 2.75) is 17.7 Å². The molecule has 1 amide bonds. The third-order valence-corrected chi connectivity index (χ3v) is 7.64. The first-order valence-electron chi connectivity index (χ1n) is 8.25. The maximum Gasteiger partial charge on any atom is 0.226 e. The number of rotatable bonds is 8. The second-order valence-electron chi connectivity index (χ2n) is 5.79. The standard InChI is InChI=1S/C18H17ClN2O4S3/c1-25-12-4-6-13(7-5-12)28(23,24)10-2-3-17(22)21-18-20-14(11-26-18)15-8-9-16(19)27-15/h4-9,11H,2-3,10H2,1H3,(H,20,21,22). The number of nitrogens with one attached hydrogen (secondary N) is 1. The van der Waals surface area contributed by atoms with Crippen LogP contribution in [0.5, 0.6) is 5.75 Å². The number of sulfone groups is 1. The number of hydrogen-bond acceptors (Lipinski definition) is 7. The van der Waals surface area contributed by atoms with E-state index in [4.69, 9.17) is 16.3 Å². The van der Waals surface area contributed by atoms with Crippen LogP contribution in [0.2, 0.25) is 4.34 Å². The molecular formula is C18H17ClN2O4S3. The number of thiophene rings is 1.